The third kappa shape index (κ3) is 13.0. The lowest BCUT2D eigenvalue weighted by Gasteiger charge is -2.20. The SMILES string of the molecule is COC(=O)[C@H](CNC(=O)c1ccc2c(c1)CN(CCN=c1ccccn1O)N2)NS(=O)(=O)c1c(C)cc(OCCCC(=O)NCCNC(=O)OCc2ccccc2)cc1C. The van der Waals surface area contributed by atoms with Crippen LogP contribution in [0.1, 0.15) is 45.5 Å². The summed E-state index contributed by atoms with van der Waals surface area (Å²) in [6.07, 6.45) is 1.45. The molecule has 60 heavy (non-hydrogen) atoms. The Hall–Kier alpha value is -6.44. The van der Waals surface area contributed by atoms with E-state index in [0.717, 1.165) is 28.7 Å². The van der Waals surface area contributed by atoms with Gasteiger partial charge < -0.3 is 40.8 Å². The summed E-state index contributed by atoms with van der Waals surface area (Å²) in [5.74, 6) is -1.24. The number of pyridine rings is 1. The number of hydrogen-bond acceptors (Lipinski definition) is 13. The number of nitrogens with zero attached hydrogens (tertiary/aromatic N) is 3. The topological polar surface area (TPSA) is 231 Å². The predicted molar refractivity (Wildman–Crippen MR) is 219 cm³/mol. The van der Waals surface area contributed by atoms with E-state index >= 15 is 0 Å². The number of fused-ring (bicyclic) bond motifs is 1. The lowest BCUT2D eigenvalue weighted by molar-refractivity contribution is -0.142. The van der Waals surface area contributed by atoms with Crippen LogP contribution >= 0.6 is 0 Å². The zero-order valence-electron chi connectivity index (χ0n) is 33.6. The van der Waals surface area contributed by atoms with E-state index in [-0.39, 0.29) is 50.1 Å². The number of amides is 3. The molecule has 3 amide bonds. The van der Waals surface area contributed by atoms with Crippen molar-refractivity contribution in [3.05, 3.63) is 118 Å². The lowest BCUT2D eigenvalue weighted by atomic mass is 10.1. The fraction of sp³-hybridized carbons (Fsp3) is 0.341. The lowest BCUT2D eigenvalue weighted by Crippen LogP contribution is -2.49. The number of benzene rings is 3. The Morgan fingerprint density at radius 1 is 0.933 bits per heavy atom. The van der Waals surface area contributed by atoms with Gasteiger partial charge in [0.25, 0.3) is 5.91 Å². The molecule has 1 aromatic heterocycles. The molecule has 1 aliphatic heterocycles. The number of sulfonamides is 1. The van der Waals surface area contributed by atoms with Crippen LogP contribution in [-0.4, -0.2) is 99.7 Å². The van der Waals surface area contributed by atoms with Gasteiger partial charge in [-0.2, -0.15) is 9.45 Å². The van der Waals surface area contributed by atoms with E-state index in [0.29, 0.717) is 54.0 Å². The third-order valence-electron chi connectivity index (χ3n) is 9.17. The number of hydrogen-bond donors (Lipinski definition) is 6. The molecule has 2 heterocycles. The van der Waals surface area contributed by atoms with Crippen molar-refractivity contribution in [1.82, 2.24) is 30.4 Å². The number of nitrogens with one attached hydrogen (secondary N) is 5. The fourth-order valence-electron chi connectivity index (χ4n) is 6.29. The number of ether oxygens (including phenoxy) is 3. The van der Waals surface area contributed by atoms with Gasteiger partial charge in [0.1, 0.15) is 18.4 Å². The Morgan fingerprint density at radius 3 is 2.40 bits per heavy atom. The number of alkyl carbamates (subject to hydrolysis) is 1. The number of hydrazine groups is 1. The molecule has 0 spiro atoms. The number of carbonyl (C=O) groups is 4. The second kappa shape index (κ2) is 21.5. The molecule has 18 nitrogen and oxygen atoms in total. The number of aromatic nitrogens is 1. The summed E-state index contributed by atoms with van der Waals surface area (Å²) in [7, 11) is -3.18. The average molecular weight is 847 g/mol. The van der Waals surface area contributed by atoms with Gasteiger partial charge in [-0.3, -0.25) is 19.4 Å². The molecule has 0 saturated heterocycles. The van der Waals surface area contributed by atoms with Gasteiger partial charge in [-0.25, -0.2) is 18.2 Å². The zero-order valence-corrected chi connectivity index (χ0v) is 34.4. The molecule has 0 fully saturated rings. The molecule has 0 bridgehead atoms. The van der Waals surface area contributed by atoms with Crippen LogP contribution in [0.25, 0.3) is 0 Å². The minimum absolute atomic E-state index is 0.0604. The quantitative estimate of drug-likeness (QED) is 0.0429. The molecule has 4 aromatic rings. The molecule has 0 aliphatic carbocycles. The number of rotatable bonds is 20. The zero-order chi connectivity index (χ0) is 43.1. The van der Waals surface area contributed by atoms with Gasteiger partial charge in [-0.05, 0) is 85.0 Å². The van der Waals surface area contributed by atoms with Crippen LogP contribution in [-0.2, 0) is 42.2 Å². The van der Waals surface area contributed by atoms with Crippen molar-refractivity contribution in [2.24, 2.45) is 4.99 Å². The maximum absolute atomic E-state index is 13.7. The van der Waals surface area contributed by atoms with Crippen LogP contribution in [0.3, 0.4) is 0 Å². The molecule has 1 atom stereocenters. The van der Waals surface area contributed by atoms with Gasteiger partial charge in [0, 0.05) is 50.9 Å². The Bertz CT molecular complexity index is 2300. The van der Waals surface area contributed by atoms with Gasteiger partial charge in [0.05, 0.1) is 30.8 Å². The van der Waals surface area contributed by atoms with Crippen molar-refractivity contribution < 1.29 is 47.0 Å². The third-order valence-corrected chi connectivity index (χ3v) is 10.9. The Kier molecular flexibility index (Phi) is 16.0. The van der Waals surface area contributed by atoms with Crippen molar-refractivity contribution in [1.29, 1.82) is 0 Å². The Balaban J connectivity index is 1.06. The highest BCUT2D eigenvalue weighted by molar-refractivity contribution is 7.89. The van der Waals surface area contributed by atoms with E-state index in [2.05, 4.69) is 31.1 Å². The Labute approximate surface area is 347 Å². The highest BCUT2D eigenvalue weighted by atomic mass is 32.2. The van der Waals surface area contributed by atoms with Gasteiger partial charge >= 0.3 is 12.1 Å². The van der Waals surface area contributed by atoms with Crippen LogP contribution in [0.4, 0.5) is 10.5 Å². The van der Waals surface area contributed by atoms with Gasteiger partial charge in [0.15, 0.2) is 5.49 Å². The predicted octanol–water partition coefficient (Wildman–Crippen LogP) is 2.54. The highest BCUT2D eigenvalue weighted by Crippen LogP contribution is 2.27. The monoisotopic (exact) mass is 846 g/mol. The maximum Gasteiger partial charge on any atom is 0.407 e. The molecule has 3 aromatic carbocycles. The van der Waals surface area contributed by atoms with E-state index < -0.39 is 34.0 Å². The molecule has 19 heteroatoms. The smallest absolute Gasteiger partial charge is 0.407 e. The van der Waals surface area contributed by atoms with Crippen molar-refractivity contribution in [2.45, 2.75) is 50.8 Å². The highest BCUT2D eigenvalue weighted by Gasteiger charge is 2.30. The largest absolute Gasteiger partial charge is 0.494 e. The second-order valence-electron chi connectivity index (χ2n) is 13.8. The van der Waals surface area contributed by atoms with Crippen LogP contribution in [0.15, 0.2) is 94.9 Å². The van der Waals surface area contributed by atoms with Crippen LogP contribution in [0, 0.1) is 13.8 Å². The minimum atomic E-state index is -4.30. The molecule has 5 rings (SSSR count). The van der Waals surface area contributed by atoms with E-state index in [1.807, 2.05) is 35.3 Å². The molecule has 6 N–H and O–H groups in total. The first-order valence-corrected chi connectivity index (χ1v) is 20.7. The van der Waals surface area contributed by atoms with Crippen molar-refractivity contribution in [2.75, 3.05) is 51.9 Å². The average Bonchev–Trinajstić information content (AvgIpc) is 3.64. The first kappa shape index (κ1) is 44.7. The van der Waals surface area contributed by atoms with E-state index in [1.165, 1.54) is 6.20 Å². The number of esters is 1. The fourth-order valence-corrected chi connectivity index (χ4v) is 7.93. The number of methoxy groups -OCH3 is 1. The van der Waals surface area contributed by atoms with E-state index in [1.54, 1.807) is 62.4 Å². The van der Waals surface area contributed by atoms with Crippen LogP contribution in [0.2, 0.25) is 0 Å². The molecular weight excluding hydrogens is 797 g/mol. The molecule has 320 valence electrons. The molecule has 0 unspecified atom stereocenters. The van der Waals surface area contributed by atoms with E-state index in [9.17, 15) is 32.8 Å². The van der Waals surface area contributed by atoms with Crippen LogP contribution < -0.4 is 36.3 Å². The summed E-state index contributed by atoms with van der Waals surface area (Å²) >= 11 is 0. The minimum Gasteiger partial charge on any atom is -0.494 e. The summed E-state index contributed by atoms with van der Waals surface area (Å²) in [6, 6.07) is 21.2. The van der Waals surface area contributed by atoms with Crippen molar-refractivity contribution in [3.8, 4) is 5.75 Å². The molecule has 1 aliphatic rings. The Morgan fingerprint density at radius 2 is 1.67 bits per heavy atom. The number of aryl methyl sites for hydroxylation is 2. The summed E-state index contributed by atoms with van der Waals surface area (Å²) in [6.45, 7) is 4.96. The number of carbonyl (C=O) groups excluding carboxylic acids is 4. The van der Waals surface area contributed by atoms with E-state index in [4.69, 9.17) is 14.2 Å². The summed E-state index contributed by atoms with van der Waals surface area (Å²) < 4.78 is 46.4. The van der Waals surface area contributed by atoms with Gasteiger partial charge in [-0.15, -0.1) is 0 Å². The molecule has 0 radical (unpaired) electrons. The second-order valence-corrected chi connectivity index (χ2v) is 15.4. The van der Waals surface area contributed by atoms with Gasteiger partial charge in [0.2, 0.25) is 15.9 Å². The summed E-state index contributed by atoms with van der Waals surface area (Å²) in [5, 5.41) is 19.7. The standard InChI is InChI=1S/C41H50N8O10S/c1-28-22-33(58-21-9-13-37(50)43-16-17-44-41(53)59-27-30-10-5-4-6-11-30)23-29(2)38(28)60(55,56)47-35(40(52)57-3)25-45-39(51)31-14-15-34-32(24-31)26-48(46-34)20-18-42-36-12-7-8-19-49(36)54/h4-8,10-12,14-15,19,22-24,35,46-47,54H,9,13,16-18,20-21,25-27H2,1-3H3,(H,43,50)(H,44,53)(H,45,51)/t35-/m0/s1. The van der Waals surface area contributed by atoms with Crippen LogP contribution in [0.5, 0.6) is 5.75 Å². The summed E-state index contributed by atoms with van der Waals surface area (Å²) in [4.78, 5) is 54.4. The normalized spacial score (nSPS) is 13.1. The number of anilines is 1. The maximum atomic E-state index is 13.7. The van der Waals surface area contributed by atoms with Gasteiger partial charge in [-0.1, -0.05) is 36.4 Å². The van der Waals surface area contributed by atoms with Crippen molar-refractivity contribution in [3.63, 3.8) is 0 Å². The first-order chi connectivity index (χ1) is 28.8. The van der Waals surface area contributed by atoms with Crippen molar-refractivity contribution >= 4 is 39.6 Å². The molecular formula is C41H50N8O10S. The first-order valence-electron chi connectivity index (χ1n) is 19.2. The molecule has 0 saturated carbocycles. The summed E-state index contributed by atoms with van der Waals surface area (Å²) in [5.41, 5.74) is 7.23.